The third kappa shape index (κ3) is 3.39. The maximum atomic E-state index is 12.8. The summed E-state index contributed by atoms with van der Waals surface area (Å²) in [5.74, 6) is 0. The molecule has 4 rings (SSSR count). The molecule has 0 aliphatic carbocycles. The number of nitrogens with zero attached hydrogens (tertiary/aromatic N) is 1. The SMILES string of the molecule is C=CCc1ccccc1-c1cc2ccc(N3COC(CO)C3)cc2c(=O)[nH]1. The number of benzene rings is 2. The van der Waals surface area contributed by atoms with E-state index in [0.717, 1.165) is 34.3 Å². The second kappa shape index (κ2) is 7.39. The van der Waals surface area contributed by atoms with Crippen LogP contribution in [0, 0.1) is 0 Å². The van der Waals surface area contributed by atoms with E-state index in [9.17, 15) is 9.90 Å². The highest BCUT2D eigenvalue weighted by atomic mass is 16.5. The molecule has 1 aromatic heterocycles. The van der Waals surface area contributed by atoms with Gasteiger partial charge in [0, 0.05) is 28.9 Å². The summed E-state index contributed by atoms with van der Waals surface area (Å²) in [5.41, 5.74) is 3.76. The highest BCUT2D eigenvalue weighted by Crippen LogP contribution is 2.27. The number of H-pyrrole nitrogens is 1. The Morgan fingerprint density at radius 2 is 2.11 bits per heavy atom. The molecule has 1 saturated heterocycles. The van der Waals surface area contributed by atoms with Crippen molar-refractivity contribution in [1.82, 2.24) is 4.98 Å². The average molecular weight is 362 g/mol. The number of fused-ring (bicyclic) bond motifs is 1. The zero-order chi connectivity index (χ0) is 18.8. The molecule has 0 spiro atoms. The van der Waals surface area contributed by atoms with Crippen LogP contribution in [-0.4, -0.2) is 36.1 Å². The Morgan fingerprint density at radius 3 is 2.89 bits per heavy atom. The molecule has 0 amide bonds. The number of aromatic amines is 1. The average Bonchev–Trinajstić information content (AvgIpc) is 3.18. The van der Waals surface area contributed by atoms with Crippen LogP contribution in [0.2, 0.25) is 0 Å². The number of aliphatic hydroxyl groups is 1. The summed E-state index contributed by atoms with van der Waals surface area (Å²) in [4.78, 5) is 17.8. The predicted molar refractivity (Wildman–Crippen MR) is 108 cm³/mol. The summed E-state index contributed by atoms with van der Waals surface area (Å²) in [7, 11) is 0. The van der Waals surface area contributed by atoms with Crippen LogP contribution in [-0.2, 0) is 11.2 Å². The van der Waals surface area contributed by atoms with Crippen molar-refractivity contribution in [3.8, 4) is 11.3 Å². The molecule has 0 bridgehead atoms. The lowest BCUT2D eigenvalue weighted by Gasteiger charge is -2.17. The molecule has 0 saturated carbocycles. The Morgan fingerprint density at radius 1 is 1.26 bits per heavy atom. The van der Waals surface area contributed by atoms with Crippen LogP contribution in [0.3, 0.4) is 0 Å². The van der Waals surface area contributed by atoms with Crippen LogP contribution >= 0.6 is 0 Å². The minimum Gasteiger partial charge on any atom is -0.394 e. The van der Waals surface area contributed by atoms with Crippen molar-refractivity contribution in [3.63, 3.8) is 0 Å². The first kappa shape index (κ1) is 17.5. The molecule has 1 aliphatic rings. The van der Waals surface area contributed by atoms with E-state index in [0.29, 0.717) is 18.7 Å². The van der Waals surface area contributed by atoms with Gasteiger partial charge in [-0.05, 0) is 35.6 Å². The number of aliphatic hydroxyl groups excluding tert-OH is 1. The molecule has 1 aliphatic heterocycles. The van der Waals surface area contributed by atoms with Crippen molar-refractivity contribution >= 4 is 16.5 Å². The molecule has 1 fully saturated rings. The van der Waals surface area contributed by atoms with E-state index < -0.39 is 0 Å². The maximum Gasteiger partial charge on any atom is 0.256 e. The second-order valence-corrected chi connectivity index (χ2v) is 6.76. The number of allylic oxidation sites excluding steroid dienone is 1. The van der Waals surface area contributed by atoms with Crippen LogP contribution < -0.4 is 10.5 Å². The minimum absolute atomic E-state index is 0.00184. The second-order valence-electron chi connectivity index (χ2n) is 6.76. The molecular formula is C22H22N2O3. The molecular weight excluding hydrogens is 340 g/mol. The molecule has 1 atom stereocenters. The maximum absolute atomic E-state index is 12.8. The number of hydrogen-bond acceptors (Lipinski definition) is 4. The number of pyridine rings is 1. The molecule has 2 N–H and O–H groups in total. The van der Waals surface area contributed by atoms with Gasteiger partial charge < -0.3 is 19.7 Å². The highest BCUT2D eigenvalue weighted by Gasteiger charge is 2.22. The number of aromatic nitrogens is 1. The van der Waals surface area contributed by atoms with Crippen LogP contribution in [0.15, 0.2) is 66.0 Å². The van der Waals surface area contributed by atoms with E-state index in [-0.39, 0.29) is 18.3 Å². The normalized spacial score (nSPS) is 16.8. The number of rotatable bonds is 5. The van der Waals surface area contributed by atoms with Gasteiger partial charge in [-0.25, -0.2) is 0 Å². The van der Waals surface area contributed by atoms with Gasteiger partial charge in [-0.1, -0.05) is 36.4 Å². The highest BCUT2D eigenvalue weighted by molar-refractivity contribution is 5.88. The first-order valence-electron chi connectivity index (χ1n) is 9.03. The van der Waals surface area contributed by atoms with Crippen LogP contribution in [0.5, 0.6) is 0 Å². The van der Waals surface area contributed by atoms with Crippen molar-refractivity contribution in [1.29, 1.82) is 0 Å². The molecule has 0 radical (unpaired) electrons. The smallest absolute Gasteiger partial charge is 0.256 e. The Labute approximate surface area is 157 Å². The summed E-state index contributed by atoms with van der Waals surface area (Å²) < 4.78 is 5.51. The lowest BCUT2D eigenvalue weighted by Crippen LogP contribution is -2.23. The van der Waals surface area contributed by atoms with Crippen LogP contribution in [0.4, 0.5) is 5.69 Å². The Bertz CT molecular complexity index is 1040. The van der Waals surface area contributed by atoms with E-state index in [1.807, 2.05) is 59.5 Å². The van der Waals surface area contributed by atoms with Crippen molar-refractivity contribution in [2.45, 2.75) is 12.5 Å². The first-order chi connectivity index (χ1) is 13.2. The molecule has 5 heteroatoms. The van der Waals surface area contributed by atoms with Crippen LogP contribution in [0.25, 0.3) is 22.0 Å². The zero-order valence-corrected chi connectivity index (χ0v) is 15.0. The minimum atomic E-state index is -0.178. The van der Waals surface area contributed by atoms with E-state index in [4.69, 9.17) is 4.74 Å². The summed E-state index contributed by atoms with van der Waals surface area (Å²) in [6.07, 6.45) is 2.43. The van der Waals surface area contributed by atoms with Crippen LogP contribution in [0.1, 0.15) is 5.56 Å². The molecule has 1 unspecified atom stereocenters. The fourth-order valence-corrected chi connectivity index (χ4v) is 3.54. The topological polar surface area (TPSA) is 65.6 Å². The third-order valence-electron chi connectivity index (χ3n) is 4.96. The predicted octanol–water partition coefficient (Wildman–Crippen LogP) is 3.08. The monoisotopic (exact) mass is 362 g/mol. The Balaban J connectivity index is 1.74. The fraction of sp³-hybridized carbons (Fsp3) is 0.227. The van der Waals surface area contributed by atoms with E-state index >= 15 is 0 Å². The van der Waals surface area contributed by atoms with Gasteiger partial charge in [0.15, 0.2) is 0 Å². The van der Waals surface area contributed by atoms with Gasteiger partial charge in [0.2, 0.25) is 0 Å². The van der Waals surface area contributed by atoms with Gasteiger partial charge in [0.05, 0.1) is 6.61 Å². The van der Waals surface area contributed by atoms with Crippen molar-refractivity contribution in [3.05, 3.63) is 77.1 Å². The fourth-order valence-electron chi connectivity index (χ4n) is 3.54. The number of nitrogens with one attached hydrogen (secondary N) is 1. The molecule has 2 aromatic carbocycles. The molecule has 3 aromatic rings. The zero-order valence-electron chi connectivity index (χ0n) is 15.0. The molecule has 2 heterocycles. The van der Waals surface area contributed by atoms with Crippen molar-refractivity contribution in [2.24, 2.45) is 0 Å². The Kier molecular flexibility index (Phi) is 4.79. The van der Waals surface area contributed by atoms with Gasteiger partial charge >= 0.3 is 0 Å². The van der Waals surface area contributed by atoms with E-state index in [2.05, 4.69) is 11.6 Å². The van der Waals surface area contributed by atoms with E-state index in [1.54, 1.807) is 0 Å². The van der Waals surface area contributed by atoms with Gasteiger partial charge in [-0.3, -0.25) is 4.79 Å². The largest absolute Gasteiger partial charge is 0.394 e. The van der Waals surface area contributed by atoms with E-state index in [1.165, 1.54) is 0 Å². The van der Waals surface area contributed by atoms with Gasteiger partial charge in [0.25, 0.3) is 5.56 Å². The standard InChI is InChI=1S/C22H22N2O3/c1-2-5-15-6-3-4-7-19(15)21-10-16-8-9-17(11-20(16)22(26)23-21)24-12-18(13-25)27-14-24/h2-4,6-11,18,25H,1,5,12-14H2,(H,23,26). The lowest BCUT2D eigenvalue weighted by molar-refractivity contribution is 0.0645. The lowest BCUT2D eigenvalue weighted by atomic mass is 10.00. The third-order valence-corrected chi connectivity index (χ3v) is 4.96. The first-order valence-corrected chi connectivity index (χ1v) is 9.03. The number of anilines is 1. The summed E-state index contributed by atoms with van der Waals surface area (Å²) in [6, 6.07) is 15.9. The molecule has 138 valence electrons. The Hall–Kier alpha value is -2.89. The number of hydrogen-bond donors (Lipinski definition) is 2. The molecule has 27 heavy (non-hydrogen) atoms. The summed E-state index contributed by atoms with van der Waals surface area (Å²) in [6.45, 7) is 4.85. The van der Waals surface area contributed by atoms with Crippen molar-refractivity contribution < 1.29 is 9.84 Å². The van der Waals surface area contributed by atoms with Gasteiger partial charge in [-0.2, -0.15) is 0 Å². The van der Waals surface area contributed by atoms with Gasteiger partial charge in [0.1, 0.15) is 12.8 Å². The number of ether oxygens (including phenoxy) is 1. The van der Waals surface area contributed by atoms with Crippen molar-refractivity contribution in [2.75, 3.05) is 24.8 Å². The van der Waals surface area contributed by atoms with Gasteiger partial charge in [-0.15, -0.1) is 6.58 Å². The summed E-state index contributed by atoms with van der Waals surface area (Å²) in [5, 5.41) is 10.8. The summed E-state index contributed by atoms with van der Waals surface area (Å²) >= 11 is 0. The molecule has 5 nitrogen and oxygen atoms in total. The quantitative estimate of drug-likeness (QED) is 0.685.